The summed E-state index contributed by atoms with van der Waals surface area (Å²) < 4.78 is 0. The molecule has 0 spiro atoms. The van der Waals surface area contributed by atoms with Crippen molar-refractivity contribution >= 4 is 17.3 Å². The molecule has 0 amide bonds. The van der Waals surface area contributed by atoms with Gasteiger partial charge in [-0.05, 0) is 44.5 Å². The number of nitrogens with one attached hydrogen (secondary N) is 1. The average Bonchev–Trinajstić information content (AvgIpc) is 2.50. The maximum Gasteiger partial charge on any atom is 0.134 e. The van der Waals surface area contributed by atoms with Gasteiger partial charge in [-0.15, -0.1) is 0 Å². The SMILES string of the molecule is CC1=C(C)N(c2ccc(O)c(Cl)c2)NC1C. The minimum absolute atomic E-state index is 0.107. The molecule has 4 heteroatoms. The van der Waals surface area contributed by atoms with Crippen LogP contribution >= 0.6 is 11.6 Å². The molecule has 1 heterocycles. The number of anilines is 1. The summed E-state index contributed by atoms with van der Waals surface area (Å²) in [6.45, 7) is 6.28. The van der Waals surface area contributed by atoms with Gasteiger partial charge in [0, 0.05) is 11.7 Å². The van der Waals surface area contributed by atoms with Crippen LogP contribution in [0.2, 0.25) is 5.02 Å². The van der Waals surface area contributed by atoms with Crippen molar-refractivity contribution in [3.63, 3.8) is 0 Å². The zero-order valence-electron chi connectivity index (χ0n) is 9.58. The lowest BCUT2D eigenvalue weighted by molar-refractivity contribution is 0.475. The predicted molar refractivity (Wildman–Crippen MR) is 66.6 cm³/mol. The molecule has 0 saturated heterocycles. The molecule has 0 aliphatic carbocycles. The minimum atomic E-state index is 0.107. The summed E-state index contributed by atoms with van der Waals surface area (Å²) in [6.07, 6.45) is 0. The van der Waals surface area contributed by atoms with E-state index in [0.717, 1.165) is 5.69 Å². The van der Waals surface area contributed by atoms with Gasteiger partial charge in [-0.3, -0.25) is 5.01 Å². The number of aromatic hydroxyl groups is 1. The third-order valence-electron chi connectivity index (χ3n) is 3.07. The molecule has 1 aromatic carbocycles. The molecule has 3 nitrogen and oxygen atoms in total. The summed E-state index contributed by atoms with van der Waals surface area (Å²) in [5.41, 5.74) is 6.75. The quantitative estimate of drug-likeness (QED) is 0.790. The summed E-state index contributed by atoms with van der Waals surface area (Å²) in [5.74, 6) is 0.107. The van der Waals surface area contributed by atoms with Gasteiger partial charge in [0.2, 0.25) is 0 Å². The van der Waals surface area contributed by atoms with E-state index in [1.54, 1.807) is 12.1 Å². The lowest BCUT2D eigenvalue weighted by Gasteiger charge is -2.21. The average molecular weight is 239 g/mol. The zero-order valence-corrected chi connectivity index (χ0v) is 10.3. The van der Waals surface area contributed by atoms with E-state index in [2.05, 4.69) is 26.2 Å². The van der Waals surface area contributed by atoms with E-state index in [4.69, 9.17) is 11.6 Å². The van der Waals surface area contributed by atoms with Crippen molar-refractivity contribution in [3.05, 3.63) is 34.5 Å². The first-order valence-electron chi connectivity index (χ1n) is 5.23. The standard InChI is InChI=1S/C12H15ClN2O/c1-7-8(2)14-15(9(7)3)10-4-5-12(16)11(13)6-10/h4-6,8,14,16H,1-3H3. The van der Waals surface area contributed by atoms with Crippen LogP contribution in [0.15, 0.2) is 29.5 Å². The van der Waals surface area contributed by atoms with Crippen molar-refractivity contribution in [2.24, 2.45) is 0 Å². The second-order valence-electron chi connectivity index (χ2n) is 4.09. The fourth-order valence-corrected chi connectivity index (χ4v) is 1.95. The van der Waals surface area contributed by atoms with Crippen LogP contribution < -0.4 is 10.4 Å². The molecule has 0 saturated carbocycles. The largest absolute Gasteiger partial charge is 0.506 e. The summed E-state index contributed by atoms with van der Waals surface area (Å²) in [4.78, 5) is 0. The van der Waals surface area contributed by atoms with E-state index in [9.17, 15) is 5.11 Å². The first-order chi connectivity index (χ1) is 7.50. The van der Waals surface area contributed by atoms with E-state index >= 15 is 0 Å². The minimum Gasteiger partial charge on any atom is -0.506 e. The number of allylic oxidation sites excluding steroid dienone is 1. The number of nitrogens with zero attached hydrogens (tertiary/aromatic N) is 1. The number of phenols is 1. The molecule has 1 unspecified atom stereocenters. The van der Waals surface area contributed by atoms with Crippen molar-refractivity contribution in [2.45, 2.75) is 26.8 Å². The van der Waals surface area contributed by atoms with Gasteiger partial charge in [0.15, 0.2) is 0 Å². The third kappa shape index (κ3) is 1.77. The molecular weight excluding hydrogens is 224 g/mol. The molecule has 0 fully saturated rings. The van der Waals surface area contributed by atoms with Crippen molar-refractivity contribution in [2.75, 3.05) is 5.01 Å². The van der Waals surface area contributed by atoms with Gasteiger partial charge < -0.3 is 5.11 Å². The molecule has 1 aliphatic rings. The van der Waals surface area contributed by atoms with Gasteiger partial charge in [0.05, 0.1) is 10.7 Å². The number of hydrogen-bond donors (Lipinski definition) is 2. The molecule has 86 valence electrons. The molecule has 16 heavy (non-hydrogen) atoms. The second-order valence-corrected chi connectivity index (χ2v) is 4.50. The molecule has 1 aliphatic heterocycles. The highest BCUT2D eigenvalue weighted by Gasteiger charge is 2.23. The Morgan fingerprint density at radius 1 is 1.38 bits per heavy atom. The summed E-state index contributed by atoms with van der Waals surface area (Å²) in [6, 6.07) is 5.51. The van der Waals surface area contributed by atoms with Crippen LogP contribution in [0, 0.1) is 0 Å². The molecule has 1 aromatic rings. The zero-order chi connectivity index (χ0) is 11.9. The molecule has 0 bridgehead atoms. The van der Waals surface area contributed by atoms with Crippen LogP contribution in [-0.2, 0) is 0 Å². The fraction of sp³-hybridized carbons (Fsp3) is 0.333. The Hall–Kier alpha value is -1.19. The topological polar surface area (TPSA) is 35.5 Å². The van der Waals surface area contributed by atoms with Crippen LogP contribution in [0.25, 0.3) is 0 Å². The number of halogens is 1. The van der Waals surface area contributed by atoms with Gasteiger partial charge in [-0.2, -0.15) is 0 Å². The monoisotopic (exact) mass is 238 g/mol. The molecule has 0 radical (unpaired) electrons. The highest BCUT2D eigenvalue weighted by atomic mass is 35.5. The number of rotatable bonds is 1. The highest BCUT2D eigenvalue weighted by Crippen LogP contribution is 2.32. The van der Waals surface area contributed by atoms with Crippen molar-refractivity contribution in [1.82, 2.24) is 5.43 Å². The Balaban J connectivity index is 2.36. The van der Waals surface area contributed by atoms with Crippen molar-refractivity contribution in [1.29, 1.82) is 0 Å². The first kappa shape index (κ1) is 11.3. The van der Waals surface area contributed by atoms with Crippen molar-refractivity contribution in [3.8, 4) is 5.75 Å². The maximum absolute atomic E-state index is 9.37. The smallest absolute Gasteiger partial charge is 0.134 e. The highest BCUT2D eigenvalue weighted by molar-refractivity contribution is 6.32. The van der Waals surface area contributed by atoms with E-state index < -0.39 is 0 Å². The van der Waals surface area contributed by atoms with Crippen LogP contribution in [0.1, 0.15) is 20.8 Å². The predicted octanol–water partition coefficient (Wildman–Crippen LogP) is 3.05. The summed E-state index contributed by atoms with van der Waals surface area (Å²) in [5, 5.41) is 11.7. The van der Waals surface area contributed by atoms with E-state index in [0.29, 0.717) is 11.1 Å². The maximum atomic E-state index is 9.37. The number of benzene rings is 1. The number of hydrogen-bond acceptors (Lipinski definition) is 3. The Morgan fingerprint density at radius 3 is 2.56 bits per heavy atom. The number of phenolic OH excluding ortho intramolecular Hbond substituents is 1. The first-order valence-corrected chi connectivity index (χ1v) is 5.60. The van der Waals surface area contributed by atoms with Crippen molar-refractivity contribution < 1.29 is 5.11 Å². The van der Waals surface area contributed by atoms with Gasteiger partial charge in [0.1, 0.15) is 5.75 Å². The molecule has 1 atom stereocenters. The van der Waals surface area contributed by atoms with Gasteiger partial charge >= 0.3 is 0 Å². The molecule has 2 rings (SSSR count). The van der Waals surface area contributed by atoms with E-state index in [-0.39, 0.29) is 5.75 Å². The Labute approximate surface area is 100 Å². The molecule has 0 aromatic heterocycles. The Morgan fingerprint density at radius 2 is 2.06 bits per heavy atom. The van der Waals surface area contributed by atoms with Crippen LogP contribution in [0.3, 0.4) is 0 Å². The van der Waals surface area contributed by atoms with Gasteiger partial charge in [-0.1, -0.05) is 11.6 Å². The Kier molecular flexibility index (Phi) is 2.82. The third-order valence-corrected chi connectivity index (χ3v) is 3.37. The van der Waals surface area contributed by atoms with Gasteiger partial charge in [0.25, 0.3) is 0 Å². The summed E-state index contributed by atoms with van der Waals surface area (Å²) >= 11 is 5.89. The lowest BCUT2D eigenvalue weighted by Crippen LogP contribution is -2.35. The Bertz CT molecular complexity index is 456. The van der Waals surface area contributed by atoms with Crippen LogP contribution in [-0.4, -0.2) is 11.1 Å². The van der Waals surface area contributed by atoms with E-state index in [1.165, 1.54) is 11.3 Å². The molecule has 2 N–H and O–H groups in total. The molecular formula is C12H15ClN2O. The number of hydrazine groups is 1. The van der Waals surface area contributed by atoms with Gasteiger partial charge in [-0.25, -0.2) is 5.43 Å². The normalized spacial score (nSPS) is 20.8. The fourth-order valence-electron chi connectivity index (χ4n) is 1.78. The lowest BCUT2D eigenvalue weighted by atomic mass is 10.1. The second kappa shape index (κ2) is 4.00. The van der Waals surface area contributed by atoms with Crippen LogP contribution in [0.5, 0.6) is 5.75 Å². The van der Waals surface area contributed by atoms with E-state index in [1.807, 2.05) is 11.1 Å². The van der Waals surface area contributed by atoms with Crippen LogP contribution in [0.4, 0.5) is 5.69 Å². The summed E-state index contributed by atoms with van der Waals surface area (Å²) in [7, 11) is 0.